The number of anilines is 1. The van der Waals surface area contributed by atoms with E-state index in [1.807, 2.05) is 6.92 Å². The summed E-state index contributed by atoms with van der Waals surface area (Å²) in [5.74, 6) is -0.543. The standard InChI is InChI=1S/C21H17ClF3N5O2S/c1-2-9-29-18(32)13-5-3-4-6-16(13)30-19(29)27-28-20(30)33-11-17(31)26-15-8-7-12(22)10-14(15)21(23,24)25/h3-8,10H,2,9,11H2,1H3,(H,26,31). The van der Waals surface area contributed by atoms with E-state index in [0.717, 1.165) is 23.9 Å². The fourth-order valence-electron chi connectivity index (χ4n) is 3.43. The van der Waals surface area contributed by atoms with Crippen LogP contribution in [0.25, 0.3) is 16.7 Å². The molecule has 0 aliphatic carbocycles. The molecule has 172 valence electrons. The number of halogens is 4. The van der Waals surface area contributed by atoms with Crippen LogP contribution in [0.3, 0.4) is 0 Å². The first kappa shape index (κ1) is 23.1. The quantitative estimate of drug-likeness (QED) is 0.386. The van der Waals surface area contributed by atoms with Gasteiger partial charge in [-0.3, -0.25) is 18.6 Å². The number of benzene rings is 2. The largest absolute Gasteiger partial charge is 0.418 e. The average Bonchev–Trinajstić information content (AvgIpc) is 3.20. The van der Waals surface area contributed by atoms with Crippen molar-refractivity contribution < 1.29 is 18.0 Å². The smallest absolute Gasteiger partial charge is 0.325 e. The highest BCUT2D eigenvalue weighted by atomic mass is 35.5. The van der Waals surface area contributed by atoms with Crippen LogP contribution in [-0.2, 0) is 17.5 Å². The zero-order chi connectivity index (χ0) is 23.8. The van der Waals surface area contributed by atoms with Crippen LogP contribution >= 0.6 is 23.4 Å². The number of fused-ring (bicyclic) bond motifs is 3. The third-order valence-corrected chi connectivity index (χ3v) is 5.98. The second-order valence-corrected chi connectivity index (χ2v) is 8.50. The first-order chi connectivity index (χ1) is 15.7. The third kappa shape index (κ3) is 4.55. The number of aromatic nitrogens is 4. The second-order valence-electron chi connectivity index (χ2n) is 7.12. The Labute approximate surface area is 194 Å². The van der Waals surface area contributed by atoms with Gasteiger partial charge in [0.15, 0.2) is 5.16 Å². The summed E-state index contributed by atoms with van der Waals surface area (Å²) in [6, 6.07) is 10.1. The van der Waals surface area contributed by atoms with E-state index < -0.39 is 17.6 Å². The van der Waals surface area contributed by atoms with E-state index in [-0.39, 0.29) is 22.0 Å². The van der Waals surface area contributed by atoms with Gasteiger partial charge in [0.1, 0.15) is 0 Å². The normalized spacial score (nSPS) is 11.9. The predicted molar refractivity (Wildman–Crippen MR) is 121 cm³/mol. The molecule has 0 saturated carbocycles. The van der Waals surface area contributed by atoms with Crippen molar-refractivity contribution in [1.29, 1.82) is 0 Å². The minimum atomic E-state index is -4.67. The van der Waals surface area contributed by atoms with Gasteiger partial charge in [-0.1, -0.05) is 42.4 Å². The first-order valence-electron chi connectivity index (χ1n) is 9.86. The van der Waals surface area contributed by atoms with Gasteiger partial charge in [0.05, 0.1) is 27.9 Å². The summed E-state index contributed by atoms with van der Waals surface area (Å²) >= 11 is 6.68. The van der Waals surface area contributed by atoms with E-state index in [4.69, 9.17) is 11.6 Å². The van der Waals surface area contributed by atoms with Crippen molar-refractivity contribution >= 4 is 51.6 Å². The number of alkyl halides is 3. The molecule has 0 bridgehead atoms. The molecule has 4 aromatic rings. The van der Waals surface area contributed by atoms with Gasteiger partial charge in [0.25, 0.3) is 5.56 Å². The molecule has 12 heteroatoms. The maximum absolute atomic E-state index is 13.3. The van der Waals surface area contributed by atoms with E-state index in [0.29, 0.717) is 34.8 Å². The van der Waals surface area contributed by atoms with Crippen LogP contribution in [0.5, 0.6) is 0 Å². The second kappa shape index (κ2) is 9.06. The van der Waals surface area contributed by atoms with Crippen molar-refractivity contribution in [3.05, 3.63) is 63.4 Å². The predicted octanol–water partition coefficient (Wildman–Crippen LogP) is 4.86. The molecule has 33 heavy (non-hydrogen) atoms. The number of nitrogens with one attached hydrogen (secondary N) is 1. The maximum Gasteiger partial charge on any atom is 0.418 e. The van der Waals surface area contributed by atoms with Gasteiger partial charge in [-0.05, 0) is 36.8 Å². The number of carbonyl (C=O) groups excluding carboxylic acids is 1. The number of aryl methyl sites for hydroxylation is 1. The van der Waals surface area contributed by atoms with Crippen LogP contribution in [0.4, 0.5) is 18.9 Å². The number of hydrogen-bond donors (Lipinski definition) is 1. The number of hydrogen-bond acceptors (Lipinski definition) is 5. The minimum Gasteiger partial charge on any atom is -0.325 e. The van der Waals surface area contributed by atoms with Crippen LogP contribution in [0.15, 0.2) is 52.4 Å². The number of carbonyl (C=O) groups is 1. The molecule has 0 atom stereocenters. The van der Waals surface area contributed by atoms with Gasteiger partial charge in [0.2, 0.25) is 11.7 Å². The molecular weight excluding hydrogens is 479 g/mol. The van der Waals surface area contributed by atoms with Crippen molar-refractivity contribution in [2.45, 2.75) is 31.2 Å². The lowest BCUT2D eigenvalue weighted by atomic mass is 10.1. The number of rotatable bonds is 6. The summed E-state index contributed by atoms with van der Waals surface area (Å²) in [4.78, 5) is 25.3. The van der Waals surface area contributed by atoms with Crippen LogP contribution in [0, 0.1) is 0 Å². The van der Waals surface area contributed by atoms with E-state index >= 15 is 0 Å². The molecule has 1 N–H and O–H groups in total. The molecule has 0 aliphatic heterocycles. The van der Waals surface area contributed by atoms with Gasteiger partial charge in [-0.15, -0.1) is 10.2 Å². The van der Waals surface area contributed by atoms with Gasteiger partial charge < -0.3 is 5.32 Å². The monoisotopic (exact) mass is 495 g/mol. The molecule has 2 aromatic heterocycles. The van der Waals surface area contributed by atoms with Crippen molar-refractivity contribution in [2.75, 3.05) is 11.1 Å². The van der Waals surface area contributed by atoms with E-state index in [9.17, 15) is 22.8 Å². The van der Waals surface area contributed by atoms with Crippen molar-refractivity contribution in [1.82, 2.24) is 19.2 Å². The molecule has 7 nitrogen and oxygen atoms in total. The maximum atomic E-state index is 13.3. The molecule has 0 fully saturated rings. The molecule has 0 radical (unpaired) electrons. The third-order valence-electron chi connectivity index (χ3n) is 4.82. The Morgan fingerprint density at radius 1 is 1.18 bits per heavy atom. The summed E-state index contributed by atoms with van der Waals surface area (Å²) in [6.45, 7) is 2.37. The lowest BCUT2D eigenvalue weighted by Crippen LogP contribution is -2.23. The number of amides is 1. The minimum absolute atomic E-state index is 0.0883. The molecule has 1 amide bonds. The van der Waals surface area contributed by atoms with Gasteiger partial charge >= 0.3 is 6.18 Å². The van der Waals surface area contributed by atoms with E-state index in [1.54, 1.807) is 28.7 Å². The molecule has 2 aromatic carbocycles. The number of para-hydroxylation sites is 1. The Bertz CT molecular complexity index is 1420. The van der Waals surface area contributed by atoms with Crippen molar-refractivity contribution in [2.24, 2.45) is 0 Å². The molecule has 0 aliphatic rings. The number of thioether (sulfide) groups is 1. The summed E-state index contributed by atoms with van der Waals surface area (Å²) in [6.07, 6.45) is -3.97. The lowest BCUT2D eigenvalue weighted by Gasteiger charge is -2.14. The van der Waals surface area contributed by atoms with Gasteiger partial charge in [0, 0.05) is 11.6 Å². The fourth-order valence-corrected chi connectivity index (χ4v) is 4.34. The molecule has 2 heterocycles. The summed E-state index contributed by atoms with van der Waals surface area (Å²) in [5, 5.41) is 11.2. The number of nitrogens with zero attached hydrogens (tertiary/aromatic N) is 4. The first-order valence-corrected chi connectivity index (χ1v) is 11.2. The van der Waals surface area contributed by atoms with Crippen molar-refractivity contribution in [3.63, 3.8) is 0 Å². The highest BCUT2D eigenvalue weighted by Gasteiger charge is 2.34. The Kier molecular flexibility index (Phi) is 6.35. The molecule has 4 rings (SSSR count). The summed E-state index contributed by atoms with van der Waals surface area (Å²) in [7, 11) is 0. The Hall–Kier alpha value is -3.05. The Balaban J connectivity index is 1.64. The van der Waals surface area contributed by atoms with Crippen LogP contribution < -0.4 is 10.9 Å². The van der Waals surface area contributed by atoms with Gasteiger partial charge in [-0.2, -0.15) is 13.2 Å². The zero-order valence-electron chi connectivity index (χ0n) is 17.2. The SMILES string of the molecule is CCCn1c(=O)c2ccccc2n2c(SCC(=O)Nc3ccc(Cl)cc3C(F)(F)F)nnc12. The topological polar surface area (TPSA) is 81.3 Å². The average molecular weight is 496 g/mol. The molecule has 0 spiro atoms. The van der Waals surface area contributed by atoms with Gasteiger partial charge in [-0.25, -0.2) is 0 Å². The van der Waals surface area contributed by atoms with Crippen LogP contribution in [0.1, 0.15) is 18.9 Å². The zero-order valence-corrected chi connectivity index (χ0v) is 18.8. The molecule has 0 saturated heterocycles. The summed E-state index contributed by atoms with van der Waals surface area (Å²) < 4.78 is 43.0. The summed E-state index contributed by atoms with van der Waals surface area (Å²) in [5.41, 5.74) is -1.03. The van der Waals surface area contributed by atoms with Crippen molar-refractivity contribution in [3.8, 4) is 0 Å². The fraction of sp³-hybridized carbons (Fsp3) is 0.238. The highest BCUT2D eigenvalue weighted by molar-refractivity contribution is 7.99. The molecule has 0 unspecified atom stereocenters. The van der Waals surface area contributed by atoms with E-state index in [2.05, 4.69) is 15.5 Å². The molecular formula is C21H17ClF3N5O2S. The lowest BCUT2D eigenvalue weighted by molar-refractivity contribution is -0.137. The highest BCUT2D eigenvalue weighted by Crippen LogP contribution is 2.36. The van der Waals surface area contributed by atoms with Crippen LogP contribution in [0.2, 0.25) is 5.02 Å². The Morgan fingerprint density at radius 2 is 1.94 bits per heavy atom. The van der Waals surface area contributed by atoms with E-state index in [1.165, 1.54) is 10.6 Å². The van der Waals surface area contributed by atoms with Crippen LogP contribution in [-0.4, -0.2) is 30.8 Å². The Morgan fingerprint density at radius 3 is 2.67 bits per heavy atom.